The van der Waals surface area contributed by atoms with Crippen LogP contribution in [0.15, 0.2) is 33.2 Å². The van der Waals surface area contributed by atoms with Gasteiger partial charge in [-0.3, -0.25) is 4.79 Å². The third-order valence-corrected chi connectivity index (χ3v) is 4.36. The molecule has 1 aliphatic rings. The van der Waals surface area contributed by atoms with Crippen molar-refractivity contribution in [1.82, 2.24) is 0 Å². The molecule has 0 amide bonds. The number of rotatable bonds is 3. The Labute approximate surface area is 121 Å². The second kappa shape index (κ2) is 5.55. The van der Waals surface area contributed by atoms with Gasteiger partial charge in [0.2, 0.25) is 0 Å². The Balaban J connectivity index is 2.08. The molecular formula is C12H9Br2ClO2. The molecule has 17 heavy (non-hydrogen) atoms. The average Bonchev–Trinajstić information content (AvgIpc) is 2.27. The quantitative estimate of drug-likeness (QED) is 0.724. The van der Waals surface area contributed by atoms with Gasteiger partial charge in [-0.1, -0.05) is 55.6 Å². The molecule has 0 N–H and O–H groups in total. The highest BCUT2D eigenvalue weighted by atomic mass is 79.9. The van der Waals surface area contributed by atoms with Gasteiger partial charge < -0.3 is 4.74 Å². The van der Waals surface area contributed by atoms with Crippen molar-refractivity contribution in [3.05, 3.63) is 38.8 Å². The van der Waals surface area contributed by atoms with Crippen LogP contribution in [0.4, 0.5) is 0 Å². The fourth-order valence-electron chi connectivity index (χ4n) is 1.52. The van der Waals surface area contributed by atoms with Crippen molar-refractivity contribution in [2.45, 2.75) is 18.9 Å². The van der Waals surface area contributed by atoms with Crippen LogP contribution in [0, 0.1) is 0 Å². The number of benzene rings is 1. The number of hydrogen-bond acceptors (Lipinski definition) is 2. The minimum absolute atomic E-state index is 0.0407. The maximum absolute atomic E-state index is 10.7. The van der Waals surface area contributed by atoms with E-state index in [2.05, 4.69) is 31.9 Å². The lowest BCUT2D eigenvalue weighted by atomic mass is 10.1. The summed E-state index contributed by atoms with van der Waals surface area (Å²) in [4.78, 5) is 10.7. The molecule has 0 aromatic heterocycles. The largest absolute Gasteiger partial charge is 0.461 e. The van der Waals surface area contributed by atoms with E-state index in [1.54, 1.807) is 0 Å². The molecular weight excluding hydrogens is 371 g/mol. The molecule has 2 nitrogen and oxygen atoms in total. The van der Waals surface area contributed by atoms with Crippen molar-refractivity contribution in [2.24, 2.45) is 0 Å². The van der Waals surface area contributed by atoms with E-state index >= 15 is 0 Å². The van der Waals surface area contributed by atoms with Gasteiger partial charge in [-0.2, -0.15) is 0 Å². The summed E-state index contributed by atoms with van der Waals surface area (Å²) >= 11 is 13.1. The van der Waals surface area contributed by atoms with Crippen molar-refractivity contribution in [2.75, 3.05) is 0 Å². The third kappa shape index (κ3) is 3.33. The molecule has 1 aliphatic heterocycles. The molecule has 90 valence electrons. The zero-order chi connectivity index (χ0) is 12.4. The Morgan fingerprint density at radius 1 is 1.41 bits per heavy atom. The summed E-state index contributed by atoms with van der Waals surface area (Å²) < 4.78 is 6.81. The average molecular weight is 380 g/mol. The van der Waals surface area contributed by atoms with Gasteiger partial charge >= 0.3 is 5.97 Å². The number of hydrogen-bond donors (Lipinski definition) is 0. The molecule has 1 heterocycles. The van der Waals surface area contributed by atoms with Crippen molar-refractivity contribution >= 4 is 54.5 Å². The van der Waals surface area contributed by atoms with Crippen molar-refractivity contribution in [3.63, 3.8) is 0 Å². The Morgan fingerprint density at radius 3 is 2.53 bits per heavy atom. The molecule has 1 aromatic rings. The van der Waals surface area contributed by atoms with E-state index in [1.165, 1.54) is 0 Å². The zero-order valence-electron chi connectivity index (χ0n) is 8.75. The van der Waals surface area contributed by atoms with Crippen molar-refractivity contribution in [1.29, 1.82) is 0 Å². The molecule has 2 rings (SSSR count). The predicted molar refractivity (Wildman–Crippen MR) is 75.0 cm³/mol. The van der Waals surface area contributed by atoms with Crippen LogP contribution in [0.1, 0.15) is 18.4 Å². The van der Waals surface area contributed by atoms with E-state index < -0.39 is 0 Å². The first-order valence-electron chi connectivity index (χ1n) is 5.06. The Bertz CT molecular complexity index is 460. The molecule has 0 aliphatic carbocycles. The van der Waals surface area contributed by atoms with Gasteiger partial charge in [0.15, 0.2) is 0 Å². The lowest BCUT2D eigenvalue weighted by Gasteiger charge is -2.25. The molecule has 0 unspecified atom stereocenters. The van der Waals surface area contributed by atoms with Crippen molar-refractivity contribution in [3.8, 4) is 0 Å². The monoisotopic (exact) mass is 378 g/mol. The van der Waals surface area contributed by atoms with Gasteiger partial charge in [0.1, 0.15) is 6.10 Å². The Hall–Kier alpha value is -0.320. The molecule has 1 fully saturated rings. The normalized spacial score (nSPS) is 20.4. The maximum Gasteiger partial charge on any atom is 0.309 e. The second-order valence-electron chi connectivity index (χ2n) is 3.75. The number of cyclic esters (lactones) is 1. The molecule has 5 heteroatoms. The number of halogens is 3. The first-order valence-corrected chi connectivity index (χ1v) is 7.02. The summed E-state index contributed by atoms with van der Waals surface area (Å²) in [5.41, 5.74) is 0.937. The Kier molecular flexibility index (Phi) is 4.28. The lowest BCUT2D eigenvalue weighted by molar-refractivity contribution is -0.168. The highest BCUT2D eigenvalue weighted by Crippen LogP contribution is 2.33. The lowest BCUT2D eigenvalue weighted by Crippen LogP contribution is -2.32. The molecule has 1 aromatic carbocycles. The van der Waals surface area contributed by atoms with Gasteiger partial charge in [-0.15, -0.1) is 0 Å². The number of esters is 1. The van der Waals surface area contributed by atoms with E-state index in [9.17, 15) is 4.79 Å². The highest BCUT2D eigenvalue weighted by Gasteiger charge is 2.29. The van der Waals surface area contributed by atoms with Gasteiger partial charge in [0.25, 0.3) is 0 Å². The van der Waals surface area contributed by atoms with Crippen LogP contribution in [-0.4, -0.2) is 12.1 Å². The topological polar surface area (TPSA) is 26.3 Å². The smallest absolute Gasteiger partial charge is 0.309 e. The van der Waals surface area contributed by atoms with E-state index in [-0.39, 0.29) is 12.1 Å². The molecule has 0 bridgehead atoms. The summed E-state index contributed by atoms with van der Waals surface area (Å²) in [6, 6.07) is 7.73. The molecule has 0 saturated carbocycles. The van der Waals surface area contributed by atoms with Crippen LogP contribution in [0.5, 0.6) is 0 Å². The maximum atomic E-state index is 10.7. The summed E-state index contributed by atoms with van der Waals surface area (Å²) in [6.45, 7) is 0. The third-order valence-electron chi connectivity index (χ3n) is 2.44. The van der Waals surface area contributed by atoms with Gasteiger partial charge in [0, 0.05) is 15.4 Å². The fourth-order valence-corrected chi connectivity index (χ4v) is 2.58. The number of carbonyl (C=O) groups is 1. The van der Waals surface area contributed by atoms with E-state index in [1.807, 2.05) is 24.3 Å². The van der Waals surface area contributed by atoms with Gasteiger partial charge in [0.05, 0.1) is 11.5 Å². The highest BCUT2D eigenvalue weighted by molar-refractivity contribution is 9.11. The zero-order valence-corrected chi connectivity index (χ0v) is 12.7. The van der Waals surface area contributed by atoms with Crippen LogP contribution in [0.25, 0.3) is 5.03 Å². The first-order chi connectivity index (χ1) is 8.06. The van der Waals surface area contributed by atoms with Gasteiger partial charge in [-0.05, 0) is 17.7 Å². The van der Waals surface area contributed by atoms with E-state index in [0.717, 1.165) is 14.5 Å². The summed E-state index contributed by atoms with van der Waals surface area (Å²) in [7, 11) is 0. The summed E-state index contributed by atoms with van der Waals surface area (Å²) in [5.74, 6) is -0.143. The SMILES string of the molecule is O=C1C[C@H](C/C(Br)=C(/Cl)c2ccc(Br)cc2)O1. The van der Waals surface area contributed by atoms with Gasteiger partial charge in [-0.25, -0.2) is 0 Å². The fraction of sp³-hybridized carbons (Fsp3) is 0.250. The summed E-state index contributed by atoms with van der Waals surface area (Å²) in [5, 5.41) is 0.653. The second-order valence-corrected chi connectivity index (χ2v) is 6.00. The van der Waals surface area contributed by atoms with Crippen LogP contribution in [0.3, 0.4) is 0 Å². The summed E-state index contributed by atoms with van der Waals surface area (Å²) in [6.07, 6.45) is 1.06. The molecule has 1 atom stereocenters. The van der Waals surface area contributed by atoms with Crippen LogP contribution in [0.2, 0.25) is 0 Å². The molecule has 0 radical (unpaired) electrons. The standard InChI is InChI=1S/C12H9Br2ClO2/c13-8-3-1-7(2-4-8)12(15)10(14)5-9-6-11(16)17-9/h1-4,9H,5-6H2/b12-10-/t9-/m0/s1. The molecule has 0 spiro atoms. The van der Waals surface area contributed by atoms with E-state index in [4.69, 9.17) is 16.3 Å². The van der Waals surface area contributed by atoms with Crippen LogP contribution >= 0.6 is 43.5 Å². The number of ether oxygens (including phenoxy) is 1. The van der Waals surface area contributed by atoms with Crippen LogP contribution in [-0.2, 0) is 9.53 Å². The van der Waals surface area contributed by atoms with Crippen molar-refractivity contribution < 1.29 is 9.53 Å². The predicted octanol–water partition coefficient (Wildman–Crippen LogP) is 4.46. The Morgan fingerprint density at radius 2 is 2.00 bits per heavy atom. The minimum atomic E-state index is -0.143. The minimum Gasteiger partial charge on any atom is -0.461 e. The molecule has 1 saturated heterocycles. The first kappa shape index (κ1) is 13.1. The van der Waals surface area contributed by atoms with E-state index in [0.29, 0.717) is 17.9 Å². The number of carbonyl (C=O) groups excluding carboxylic acids is 1. The van der Waals surface area contributed by atoms with Crippen LogP contribution < -0.4 is 0 Å².